The van der Waals surface area contributed by atoms with Crippen LogP contribution in [-0.4, -0.2) is 17.8 Å². The van der Waals surface area contributed by atoms with Crippen molar-refractivity contribution < 1.29 is 17.9 Å². The van der Waals surface area contributed by atoms with Gasteiger partial charge in [-0.3, -0.25) is 4.98 Å². The van der Waals surface area contributed by atoms with Gasteiger partial charge in [-0.2, -0.15) is 4.39 Å². The van der Waals surface area contributed by atoms with E-state index in [1.807, 2.05) is 13.0 Å². The van der Waals surface area contributed by atoms with Crippen molar-refractivity contribution in [3.8, 4) is 17.0 Å². The first kappa shape index (κ1) is 25.2. The van der Waals surface area contributed by atoms with Gasteiger partial charge in [0.1, 0.15) is 6.17 Å². The lowest BCUT2D eigenvalue weighted by Gasteiger charge is -2.11. The van der Waals surface area contributed by atoms with Crippen LogP contribution in [0.4, 0.5) is 13.2 Å². The Kier molecular flexibility index (Phi) is 11.5. The summed E-state index contributed by atoms with van der Waals surface area (Å²) in [5, 5.41) is 0. The number of pyridine rings is 1. The van der Waals surface area contributed by atoms with Crippen LogP contribution in [0.3, 0.4) is 0 Å². The van der Waals surface area contributed by atoms with E-state index in [4.69, 9.17) is 4.74 Å². The maximum atomic E-state index is 14.6. The molecule has 0 saturated heterocycles. The van der Waals surface area contributed by atoms with Crippen molar-refractivity contribution in [3.63, 3.8) is 0 Å². The molecule has 0 spiro atoms. The number of benzene rings is 1. The fraction of sp³-hybridized carbons (Fsp3) is 0.577. The molecular formula is C26H36F3NO. The lowest BCUT2D eigenvalue weighted by atomic mass is 10.0. The molecule has 172 valence electrons. The van der Waals surface area contributed by atoms with Gasteiger partial charge in [0.15, 0.2) is 11.6 Å². The maximum absolute atomic E-state index is 14.6. The first-order valence-corrected chi connectivity index (χ1v) is 11.8. The van der Waals surface area contributed by atoms with E-state index in [1.165, 1.54) is 31.4 Å². The Bertz CT molecular complexity index is 764. The number of unbranched alkanes of at least 4 members (excludes halogenated alkanes) is 5. The minimum absolute atomic E-state index is 0.0562. The summed E-state index contributed by atoms with van der Waals surface area (Å²) in [6.07, 6.45) is 11.0. The Morgan fingerprint density at radius 3 is 2.32 bits per heavy atom. The monoisotopic (exact) mass is 435 g/mol. The highest BCUT2D eigenvalue weighted by Gasteiger charge is 2.16. The number of alkyl halides is 1. The second-order valence-electron chi connectivity index (χ2n) is 8.19. The van der Waals surface area contributed by atoms with E-state index < -0.39 is 17.8 Å². The number of halogens is 3. The van der Waals surface area contributed by atoms with Gasteiger partial charge in [0.05, 0.1) is 12.3 Å². The number of aryl methyl sites for hydroxylation is 1. The van der Waals surface area contributed by atoms with Gasteiger partial charge in [0.2, 0.25) is 5.82 Å². The molecule has 0 bridgehead atoms. The average molecular weight is 436 g/mol. The first-order valence-electron chi connectivity index (χ1n) is 11.8. The van der Waals surface area contributed by atoms with Crippen molar-refractivity contribution in [2.45, 2.75) is 90.6 Å². The summed E-state index contributed by atoms with van der Waals surface area (Å²) in [4.78, 5) is 4.28. The number of hydrogen-bond acceptors (Lipinski definition) is 2. The van der Waals surface area contributed by atoms with Gasteiger partial charge in [0.25, 0.3) is 0 Å². The van der Waals surface area contributed by atoms with Gasteiger partial charge in [-0.15, -0.1) is 0 Å². The minimum atomic E-state index is -0.973. The fourth-order valence-corrected chi connectivity index (χ4v) is 3.62. The second-order valence-corrected chi connectivity index (χ2v) is 8.19. The van der Waals surface area contributed by atoms with Crippen LogP contribution in [0, 0.1) is 11.6 Å². The van der Waals surface area contributed by atoms with Crippen LogP contribution in [0.5, 0.6) is 5.75 Å². The maximum Gasteiger partial charge on any atom is 0.201 e. The highest BCUT2D eigenvalue weighted by atomic mass is 19.2. The third kappa shape index (κ3) is 8.54. The average Bonchev–Trinajstić information content (AvgIpc) is 2.77. The van der Waals surface area contributed by atoms with Crippen LogP contribution < -0.4 is 4.74 Å². The summed E-state index contributed by atoms with van der Waals surface area (Å²) < 4.78 is 48.0. The number of rotatable bonds is 15. The van der Waals surface area contributed by atoms with E-state index in [2.05, 4.69) is 11.9 Å². The normalized spacial score (nSPS) is 12.2. The van der Waals surface area contributed by atoms with Crippen LogP contribution in [0.1, 0.15) is 83.6 Å². The third-order valence-corrected chi connectivity index (χ3v) is 5.49. The van der Waals surface area contributed by atoms with Crippen molar-refractivity contribution in [2.24, 2.45) is 0 Å². The van der Waals surface area contributed by atoms with Gasteiger partial charge < -0.3 is 4.74 Å². The summed E-state index contributed by atoms with van der Waals surface area (Å²) in [6, 6.07) is 6.50. The Hall–Kier alpha value is -2.04. The molecule has 1 atom stereocenters. The molecule has 1 unspecified atom stereocenters. The summed E-state index contributed by atoms with van der Waals surface area (Å²) in [7, 11) is 0. The van der Waals surface area contributed by atoms with Crippen LogP contribution in [0.15, 0.2) is 30.5 Å². The summed E-state index contributed by atoms with van der Waals surface area (Å²) in [5.41, 5.74) is 1.45. The number of ether oxygens (including phenoxy) is 1. The Morgan fingerprint density at radius 2 is 1.61 bits per heavy atom. The first-order chi connectivity index (χ1) is 15.1. The Morgan fingerprint density at radius 1 is 0.839 bits per heavy atom. The van der Waals surface area contributed by atoms with Crippen LogP contribution in [0.2, 0.25) is 0 Å². The van der Waals surface area contributed by atoms with Gasteiger partial charge in [-0.05, 0) is 55.9 Å². The molecule has 0 amide bonds. The lowest BCUT2D eigenvalue weighted by molar-refractivity contribution is 0.285. The summed E-state index contributed by atoms with van der Waals surface area (Å²) >= 11 is 0. The van der Waals surface area contributed by atoms with E-state index in [-0.39, 0.29) is 11.3 Å². The van der Waals surface area contributed by atoms with E-state index in [1.54, 1.807) is 12.3 Å². The molecule has 0 fully saturated rings. The molecule has 0 aliphatic rings. The fourth-order valence-electron chi connectivity index (χ4n) is 3.62. The zero-order valence-corrected chi connectivity index (χ0v) is 18.9. The van der Waals surface area contributed by atoms with Gasteiger partial charge >= 0.3 is 0 Å². The van der Waals surface area contributed by atoms with Crippen LogP contribution >= 0.6 is 0 Å². The van der Waals surface area contributed by atoms with Crippen molar-refractivity contribution >= 4 is 0 Å². The van der Waals surface area contributed by atoms with Crippen molar-refractivity contribution in [3.05, 3.63) is 47.7 Å². The number of aromatic nitrogens is 1. The summed E-state index contributed by atoms with van der Waals surface area (Å²) in [5.74, 6) is -1.97. The highest BCUT2D eigenvalue weighted by molar-refractivity contribution is 5.61. The van der Waals surface area contributed by atoms with E-state index >= 15 is 0 Å². The van der Waals surface area contributed by atoms with Crippen molar-refractivity contribution in [1.82, 2.24) is 4.98 Å². The third-order valence-electron chi connectivity index (χ3n) is 5.49. The highest BCUT2D eigenvalue weighted by Crippen LogP contribution is 2.29. The molecule has 31 heavy (non-hydrogen) atoms. The summed E-state index contributed by atoms with van der Waals surface area (Å²) in [6.45, 7) is 4.53. The van der Waals surface area contributed by atoms with Crippen molar-refractivity contribution in [2.75, 3.05) is 6.61 Å². The van der Waals surface area contributed by atoms with E-state index in [0.29, 0.717) is 25.1 Å². The van der Waals surface area contributed by atoms with Crippen molar-refractivity contribution in [1.29, 1.82) is 0 Å². The molecule has 2 aromatic rings. The molecule has 0 aliphatic carbocycles. The second kappa shape index (κ2) is 14.1. The Balaban J connectivity index is 1.88. The smallest absolute Gasteiger partial charge is 0.201 e. The van der Waals surface area contributed by atoms with E-state index in [9.17, 15) is 13.2 Å². The SMILES string of the molecule is CCCCCCCCOc1ccc(-c2ccc(CCCC(F)CCC)cn2)c(F)c1F. The molecule has 0 N–H and O–H groups in total. The predicted molar refractivity (Wildman–Crippen MR) is 121 cm³/mol. The van der Waals surface area contributed by atoms with Crippen LogP contribution in [0.25, 0.3) is 11.3 Å². The van der Waals surface area contributed by atoms with Crippen LogP contribution in [-0.2, 0) is 6.42 Å². The topological polar surface area (TPSA) is 22.1 Å². The molecule has 0 radical (unpaired) electrons. The molecular weight excluding hydrogens is 399 g/mol. The molecule has 0 saturated carbocycles. The zero-order chi connectivity index (χ0) is 22.5. The largest absolute Gasteiger partial charge is 0.490 e. The molecule has 1 aromatic heterocycles. The lowest BCUT2D eigenvalue weighted by Crippen LogP contribution is -2.02. The molecule has 2 rings (SSSR count). The van der Waals surface area contributed by atoms with E-state index in [0.717, 1.165) is 44.1 Å². The Labute approximate surface area is 185 Å². The van der Waals surface area contributed by atoms with Gasteiger partial charge in [-0.25, -0.2) is 8.78 Å². The quantitative estimate of drug-likeness (QED) is 0.263. The number of hydrogen-bond donors (Lipinski definition) is 0. The minimum Gasteiger partial charge on any atom is -0.490 e. The van der Waals surface area contributed by atoms with Gasteiger partial charge in [-0.1, -0.05) is 58.4 Å². The number of nitrogens with zero attached hydrogens (tertiary/aromatic N) is 1. The zero-order valence-electron chi connectivity index (χ0n) is 18.9. The standard InChI is InChI=1S/C26H36F3NO/c1-3-5-6-7-8-9-18-31-24-17-15-22(25(28)26(24)29)23-16-14-20(19-30-23)12-10-13-21(27)11-4-2/h14-17,19,21H,3-13,18H2,1-2H3. The molecule has 2 nitrogen and oxygen atoms in total. The molecule has 5 heteroatoms. The molecule has 1 heterocycles. The van der Waals surface area contributed by atoms with Gasteiger partial charge in [0, 0.05) is 11.8 Å². The predicted octanol–water partition coefficient (Wildman–Crippen LogP) is 8.23. The molecule has 0 aliphatic heterocycles. The molecule has 1 aromatic carbocycles.